The number of rotatable bonds is 5. The summed E-state index contributed by atoms with van der Waals surface area (Å²) >= 11 is 1.85. The number of aromatic nitrogens is 3. The third-order valence-electron chi connectivity index (χ3n) is 5.19. The molecule has 1 saturated heterocycles. The van der Waals surface area contributed by atoms with Crippen LogP contribution in [0.25, 0.3) is 0 Å². The molecule has 1 atom stereocenters. The van der Waals surface area contributed by atoms with Crippen LogP contribution in [0.4, 0.5) is 0 Å². The van der Waals surface area contributed by atoms with Crippen molar-refractivity contribution in [1.29, 1.82) is 0 Å². The van der Waals surface area contributed by atoms with E-state index in [0.29, 0.717) is 11.7 Å². The lowest BCUT2D eigenvalue weighted by molar-refractivity contribution is 0.173. The van der Waals surface area contributed by atoms with Crippen molar-refractivity contribution < 1.29 is 5.11 Å². The Balaban J connectivity index is 1.36. The zero-order valence-electron chi connectivity index (χ0n) is 15.0. The third kappa shape index (κ3) is 3.72. The maximum Gasteiger partial charge on any atom is 0.124 e. The topological polar surface area (TPSA) is 54.2 Å². The van der Waals surface area contributed by atoms with Crippen LogP contribution in [0, 0.1) is 6.92 Å². The highest BCUT2D eigenvalue weighted by atomic mass is 32.1. The van der Waals surface area contributed by atoms with Crippen LogP contribution in [0.15, 0.2) is 48.0 Å². The average molecular weight is 369 g/mol. The lowest BCUT2D eigenvalue weighted by Gasteiger charge is -2.31. The van der Waals surface area contributed by atoms with Gasteiger partial charge in [0.05, 0.1) is 12.2 Å². The van der Waals surface area contributed by atoms with Crippen LogP contribution >= 0.6 is 11.3 Å². The lowest BCUT2D eigenvalue weighted by Crippen LogP contribution is -2.34. The molecule has 3 aromatic rings. The molecular weight excluding hydrogens is 344 g/mol. The second kappa shape index (κ2) is 7.70. The molecule has 4 rings (SSSR count). The maximum atomic E-state index is 10.5. The summed E-state index contributed by atoms with van der Waals surface area (Å²) in [5.74, 6) is 0. The van der Waals surface area contributed by atoms with Crippen molar-refractivity contribution >= 4 is 11.3 Å². The first-order valence-corrected chi connectivity index (χ1v) is 9.99. The van der Waals surface area contributed by atoms with Gasteiger partial charge in [-0.25, -0.2) is 4.68 Å². The molecule has 1 fully saturated rings. The number of aliphatic hydroxyl groups is 1. The van der Waals surface area contributed by atoms with Crippen molar-refractivity contribution in [2.75, 3.05) is 13.1 Å². The van der Waals surface area contributed by atoms with Gasteiger partial charge in [0.15, 0.2) is 0 Å². The minimum Gasteiger partial charge on any atom is -0.382 e. The van der Waals surface area contributed by atoms with Gasteiger partial charge in [0, 0.05) is 24.5 Å². The number of likely N-dealkylation sites (tertiary alicyclic amines) is 1. The Labute approximate surface area is 157 Å². The Morgan fingerprint density at radius 2 is 1.96 bits per heavy atom. The molecule has 26 heavy (non-hydrogen) atoms. The van der Waals surface area contributed by atoms with E-state index in [1.807, 2.05) is 52.5 Å². The molecule has 0 radical (unpaired) electrons. The predicted octanol–water partition coefficient (Wildman–Crippen LogP) is 3.57. The van der Waals surface area contributed by atoms with Crippen LogP contribution in [-0.2, 0) is 6.54 Å². The van der Waals surface area contributed by atoms with Crippen LogP contribution in [-0.4, -0.2) is 38.1 Å². The number of benzene rings is 1. The van der Waals surface area contributed by atoms with Gasteiger partial charge >= 0.3 is 0 Å². The summed E-state index contributed by atoms with van der Waals surface area (Å²) in [7, 11) is 0. The Kier molecular flexibility index (Phi) is 5.15. The van der Waals surface area contributed by atoms with Gasteiger partial charge in [-0.15, -0.1) is 16.4 Å². The molecule has 5 nitrogen and oxygen atoms in total. The van der Waals surface area contributed by atoms with E-state index in [9.17, 15) is 5.11 Å². The number of thiophene rings is 1. The zero-order valence-corrected chi connectivity index (χ0v) is 15.8. The summed E-state index contributed by atoms with van der Waals surface area (Å²) in [6, 6.07) is 12.2. The van der Waals surface area contributed by atoms with Crippen LogP contribution in [0.5, 0.6) is 0 Å². The number of aliphatic hydroxyl groups excluding tert-OH is 1. The highest BCUT2D eigenvalue weighted by molar-refractivity contribution is 7.10. The van der Waals surface area contributed by atoms with Crippen molar-refractivity contribution in [3.8, 4) is 0 Å². The second-order valence-corrected chi connectivity index (χ2v) is 7.97. The van der Waals surface area contributed by atoms with E-state index in [1.165, 1.54) is 10.4 Å². The maximum absolute atomic E-state index is 10.5. The fraction of sp³-hybridized carbons (Fsp3) is 0.400. The number of piperidine rings is 1. The molecule has 3 heterocycles. The van der Waals surface area contributed by atoms with E-state index in [0.717, 1.165) is 38.0 Å². The molecule has 1 aliphatic rings. The first-order chi connectivity index (χ1) is 12.7. The van der Waals surface area contributed by atoms with Crippen molar-refractivity contribution in [3.05, 3.63) is 69.7 Å². The molecule has 2 aromatic heterocycles. The second-order valence-electron chi connectivity index (χ2n) is 6.97. The lowest BCUT2D eigenvalue weighted by atomic mass is 10.0. The summed E-state index contributed by atoms with van der Waals surface area (Å²) in [6.07, 6.45) is 3.32. The number of aryl methyl sites for hydroxylation is 1. The standard InChI is InChI=1S/C20H24N4OS/c1-15-9-12-26-19(15)14-23-10-7-17(8-11-23)24-13-18(21-22-24)20(25)16-5-3-2-4-6-16/h2-6,9,12-13,17,20,25H,7-8,10-11,14H2,1H3/t20-/m1/s1. The van der Waals surface area contributed by atoms with Gasteiger partial charge in [0.2, 0.25) is 0 Å². The van der Waals surface area contributed by atoms with Crippen molar-refractivity contribution in [3.63, 3.8) is 0 Å². The van der Waals surface area contributed by atoms with Gasteiger partial charge in [-0.1, -0.05) is 35.5 Å². The van der Waals surface area contributed by atoms with E-state index in [-0.39, 0.29) is 0 Å². The monoisotopic (exact) mass is 368 g/mol. The molecule has 1 aromatic carbocycles. The molecule has 1 aliphatic heterocycles. The Morgan fingerprint density at radius 3 is 2.65 bits per heavy atom. The van der Waals surface area contributed by atoms with E-state index in [1.54, 1.807) is 0 Å². The first-order valence-electron chi connectivity index (χ1n) is 9.11. The first kappa shape index (κ1) is 17.4. The fourth-order valence-electron chi connectivity index (χ4n) is 3.51. The predicted molar refractivity (Wildman–Crippen MR) is 103 cm³/mol. The quantitative estimate of drug-likeness (QED) is 0.748. The fourth-order valence-corrected chi connectivity index (χ4v) is 4.46. The molecule has 0 saturated carbocycles. The highest BCUT2D eigenvalue weighted by Crippen LogP contribution is 2.26. The van der Waals surface area contributed by atoms with Crippen LogP contribution < -0.4 is 0 Å². The van der Waals surface area contributed by atoms with E-state index in [2.05, 4.69) is 33.6 Å². The number of nitrogens with zero attached hydrogens (tertiary/aromatic N) is 4. The number of hydrogen-bond donors (Lipinski definition) is 1. The molecule has 136 valence electrons. The normalized spacial score (nSPS) is 17.5. The summed E-state index contributed by atoms with van der Waals surface area (Å²) in [5, 5.41) is 21.2. The van der Waals surface area contributed by atoms with Crippen molar-refractivity contribution in [1.82, 2.24) is 19.9 Å². The third-order valence-corrected chi connectivity index (χ3v) is 6.20. The molecular formula is C20H24N4OS. The number of hydrogen-bond acceptors (Lipinski definition) is 5. The molecule has 0 amide bonds. The van der Waals surface area contributed by atoms with Gasteiger partial charge in [0.25, 0.3) is 0 Å². The molecule has 0 bridgehead atoms. The summed E-state index contributed by atoms with van der Waals surface area (Å²) in [5.41, 5.74) is 2.86. The van der Waals surface area contributed by atoms with Gasteiger partial charge < -0.3 is 5.11 Å². The SMILES string of the molecule is Cc1ccsc1CN1CCC(n2cc([C@H](O)c3ccccc3)nn2)CC1. The molecule has 0 spiro atoms. The van der Waals surface area contributed by atoms with Crippen LogP contribution in [0.2, 0.25) is 0 Å². The zero-order chi connectivity index (χ0) is 17.9. The van der Waals surface area contributed by atoms with Gasteiger partial charge in [-0.05, 0) is 42.3 Å². The summed E-state index contributed by atoms with van der Waals surface area (Å²) in [4.78, 5) is 3.99. The van der Waals surface area contributed by atoms with E-state index < -0.39 is 6.10 Å². The minimum absolute atomic E-state index is 0.361. The minimum atomic E-state index is -0.716. The van der Waals surface area contributed by atoms with Gasteiger partial charge in [0.1, 0.15) is 11.8 Å². The Hall–Kier alpha value is -2.02. The van der Waals surface area contributed by atoms with E-state index in [4.69, 9.17) is 0 Å². The van der Waals surface area contributed by atoms with Crippen molar-refractivity contribution in [2.24, 2.45) is 0 Å². The van der Waals surface area contributed by atoms with Crippen LogP contribution in [0.3, 0.4) is 0 Å². The molecule has 1 N–H and O–H groups in total. The molecule has 0 aliphatic carbocycles. The molecule has 0 unspecified atom stereocenters. The largest absolute Gasteiger partial charge is 0.382 e. The summed E-state index contributed by atoms with van der Waals surface area (Å²) < 4.78 is 1.94. The van der Waals surface area contributed by atoms with Crippen LogP contribution in [0.1, 0.15) is 46.7 Å². The average Bonchev–Trinajstić information content (AvgIpc) is 3.32. The Morgan fingerprint density at radius 1 is 1.19 bits per heavy atom. The van der Waals surface area contributed by atoms with E-state index >= 15 is 0 Å². The van der Waals surface area contributed by atoms with Gasteiger partial charge in [-0.3, -0.25) is 4.90 Å². The Bertz CT molecular complexity index is 836. The smallest absolute Gasteiger partial charge is 0.124 e. The molecule has 6 heteroatoms. The highest BCUT2D eigenvalue weighted by Gasteiger charge is 2.23. The van der Waals surface area contributed by atoms with Crippen molar-refractivity contribution in [2.45, 2.75) is 38.5 Å². The van der Waals surface area contributed by atoms with Gasteiger partial charge in [-0.2, -0.15) is 0 Å². The summed E-state index contributed by atoms with van der Waals surface area (Å²) in [6.45, 7) is 5.37.